The molecule has 0 radical (unpaired) electrons. The summed E-state index contributed by atoms with van der Waals surface area (Å²) in [5, 5.41) is 0. The maximum absolute atomic E-state index is 5.28. The van der Waals surface area contributed by atoms with E-state index < -0.39 is 5.60 Å². The standard InChI is InChI=1S/C12H20N2O/c1-12(2,15-13)11-7-5-6-10(8-11)9-14(3)4/h5-8H,9,13H2,1-4H3. The molecule has 0 aliphatic rings. The van der Waals surface area contributed by atoms with Gasteiger partial charge in [0.15, 0.2) is 0 Å². The van der Waals surface area contributed by atoms with Crippen molar-refractivity contribution < 1.29 is 4.84 Å². The van der Waals surface area contributed by atoms with Crippen LogP contribution in [-0.2, 0) is 17.0 Å². The SMILES string of the molecule is CN(C)Cc1cccc(C(C)(C)ON)c1. The fourth-order valence-corrected chi connectivity index (χ4v) is 1.48. The molecule has 0 unspecified atom stereocenters. The number of rotatable bonds is 4. The summed E-state index contributed by atoms with van der Waals surface area (Å²) in [6.07, 6.45) is 0. The molecular formula is C12H20N2O. The lowest BCUT2D eigenvalue weighted by Crippen LogP contribution is -2.25. The van der Waals surface area contributed by atoms with E-state index in [0.717, 1.165) is 12.1 Å². The predicted octanol–water partition coefficient (Wildman–Crippen LogP) is 1.87. The molecule has 3 nitrogen and oxygen atoms in total. The van der Waals surface area contributed by atoms with Crippen molar-refractivity contribution >= 4 is 0 Å². The molecule has 1 aromatic rings. The molecule has 0 atom stereocenters. The summed E-state index contributed by atoms with van der Waals surface area (Å²) in [7, 11) is 4.11. The van der Waals surface area contributed by atoms with Gasteiger partial charge in [-0.25, -0.2) is 5.90 Å². The molecule has 0 heterocycles. The second-order valence-corrected chi connectivity index (χ2v) is 4.57. The van der Waals surface area contributed by atoms with Crippen LogP contribution in [0, 0.1) is 0 Å². The van der Waals surface area contributed by atoms with Crippen LogP contribution in [0.2, 0.25) is 0 Å². The Morgan fingerprint density at radius 3 is 2.53 bits per heavy atom. The molecule has 15 heavy (non-hydrogen) atoms. The minimum atomic E-state index is -0.428. The van der Waals surface area contributed by atoms with E-state index >= 15 is 0 Å². The number of benzene rings is 1. The first-order valence-corrected chi connectivity index (χ1v) is 5.08. The van der Waals surface area contributed by atoms with Crippen LogP contribution >= 0.6 is 0 Å². The zero-order chi connectivity index (χ0) is 11.5. The van der Waals surface area contributed by atoms with Crippen molar-refractivity contribution in [2.45, 2.75) is 26.0 Å². The fraction of sp³-hybridized carbons (Fsp3) is 0.500. The van der Waals surface area contributed by atoms with Crippen LogP contribution in [0.4, 0.5) is 0 Å². The molecular weight excluding hydrogens is 188 g/mol. The highest BCUT2D eigenvalue weighted by Gasteiger charge is 2.20. The van der Waals surface area contributed by atoms with Crippen molar-refractivity contribution in [2.75, 3.05) is 14.1 Å². The lowest BCUT2D eigenvalue weighted by molar-refractivity contribution is -0.0236. The Hall–Kier alpha value is -0.900. The molecule has 0 saturated carbocycles. The summed E-state index contributed by atoms with van der Waals surface area (Å²) in [5.74, 6) is 5.28. The van der Waals surface area contributed by atoms with Crippen LogP contribution in [-0.4, -0.2) is 19.0 Å². The summed E-state index contributed by atoms with van der Waals surface area (Å²) in [6.45, 7) is 4.85. The van der Waals surface area contributed by atoms with E-state index in [1.54, 1.807) is 0 Å². The minimum absolute atomic E-state index is 0.428. The average molecular weight is 208 g/mol. The highest BCUT2D eigenvalue weighted by molar-refractivity contribution is 5.27. The normalized spacial score (nSPS) is 12.1. The lowest BCUT2D eigenvalue weighted by Gasteiger charge is -2.23. The van der Waals surface area contributed by atoms with Crippen molar-refractivity contribution in [3.05, 3.63) is 35.4 Å². The maximum Gasteiger partial charge on any atom is 0.109 e. The van der Waals surface area contributed by atoms with E-state index in [1.165, 1.54) is 5.56 Å². The third-order valence-corrected chi connectivity index (χ3v) is 2.42. The maximum atomic E-state index is 5.28. The Balaban J connectivity index is 2.92. The van der Waals surface area contributed by atoms with Crippen molar-refractivity contribution in [2.24, 2.45) is 5.90 Å². The molecule has 0 aromatic heterocycles. The third kappa shape index (κ3) is 3.30. The highest BCUT2D eigenvalue weighted by Crippen LogP contribution is 2.23. The second-order valence-electron chi connectivity index (χ2n) is 4.57. The van der Waals surface area contributed by atoms with Crippen molar-refractivity contribution in [3.63, 3.8) is 0 Å². The van der Waals surface area contributed by atoms with E-state index in [9.17, 15) is 0 Å². The summed E-state index contributed by atoms with van der Waals surface area (Å²) in [4.78, 5) is 7.10. The topological polar surface area (TPSA) is 38.5 Å². The molecule has 84 valence electrons. The van der Waals surface area contributed by atoms with Gasteiger partial charge in [-0.3, -0.25) is 4.84 Å². The summed E-state index contributed by atoms with van der Waals surface area (Å²) < 4.78 is 0. The van der Waals surface area contributed by atoms with Crippen LogP contribution < -0.4 is 5.90 Å². The molecule has 3 heteroatoms. The monoisotopic (exact) mass is 208 g/mol. The average Bonchev–Trinajstić information content (AvgIpc) is 2.17. The van der Waals surface area contributed by atoms with Gasteiger partial charge in [-0.1, -0.05) is 24.3 Å². The smallest absolute Gasteiger partial charge is 0.109 e. The van der Waals surface area contributed by atoms with Gasteiger partial charge in [-0.15, -0.1) is 0 Å². The Morgan fingerprint density at radius 2 is 2.00 bits per heavy atom. The Labute approximate surface area is 91.8 Å². The van der Waals surface area contributed by atoms with Gasteiger partial charge in [0.05, 0.1) is 0 Å². The van der Waals surface area contributed by atoms with E-state index in [4.69, 9.17) is 10.7 Å². The minimum Gasteiger partial charge on any atom is -0.305 e. The first kappa shape index (κ1) is 12.2. The van der Waals surface area contributed by atoms with Crippen LogP contribution in [0.5, 0.6) is 0 Å². The quantitative estimate of drug-likeness (QED) is 0.768. The Morgan fingerprint density at radius 1 is 1.33 bits per heavy atom. The van der Waals surface area contributed by atoms with Crippen molar-refractivity contribution in [1.29, 1.82) is 0 Å². The summed E-state index contributed by atoms with van der Waals surface area (Å²) in [6, 6.07) is 8.31. The first-order valence-electron chi connectivity index (χ1n) is 5.08. The van der Waals surface area contributed by atoms with Gasteiger partial charge in [-0.2, -0.15) is 0 Å². The van der Waals surface area contributed by atoms with Crippen LogP contribution in [0.1, 0.15) is 25.0 Å². The highest BCUT2D eigenvalue weighted by atomic mass is 16.6. The first-order chi connectivity index (χ1) is 6.95. The molecule has 2 N–H and O–H groups in total. The van der Waals surface area contributed by atoms with E-state index in [0.29, 0.717) is 0 Å². The van der Waals surface area contributed by atoms with E-state index in [2.05, 4.69) is 31.1 Å². The molecule has 0 aliphatic heterocycles. The molecule has 1 aromatic carbocycles. The van der Waals surface area contributed by atoms with E-state index in [-0.39, 0.29) is 0 Å². The Bertz CT molecular complexity index is 321. The summed E-state index contributed by atoms with van der Waals surface area (Å²) >= 11 is 0. The fourth-order valence-electron chi connectivity index (χ4n) is 1.48. The molecule has 1 rings (SSSR count). The van der Waals surface area contributed by atoms with Gasteiger partial charge in [0.25, 0.3) is 0 Å². The Kier molecular flexibility index (Phi) is 3.85. The number of nitrogens with two attached hydrogens (primary N) is 1. The molecule has 0 spiro atoms. The number of hydrogen-bond acceptors (Lipinski definition) is 3. The van der Waals surface area contributed by atoms with Gasteiger partial charge in [-0.05, 0) is 39.1 Å². The molecule has 0 amide bonds. The molecule has 0 bridgehead atoms. The van der Waals surface area contributed by atoms with Gasteiger partial charge in [0.1, 0.15) is 5.60 Å². The van der Waals surface area contributed by atoms with Gasteiger partial charge in [0, 0.05) is 6.54 Å². The van der Waals surface area contributed by atoms with Gasteiger partial charge >= 0.3 is 0 Å². The van der Waals surface area contributed by atoms with Crippen LogP contribution in [0.3, 0.4) is 0 Å². The van der Waals surface area contributed by atoms with Crippen LogP contribution in [0.25, 0.3) is 0 Å². The summed E-state index contributed by atoms with van der Waals surface area (Å²) in [5.41, 5.74) is 1.94. The largest absolute Gasteiger partial charge is 0.305 e. The van der Waals surface area contributed by atoms with E-state index in [1.807, 2.05) is 26.0 Å². The van der Waals surface area contributed by atoms with Crippen LogP contribution in [0.15, 0.2) is 24.3 Å². The molecule has 0 aliphatic carbocycles. The predicted molar refractivity (Wildman–Crippen MR) is 62.1 cm³/mol. The molecule has 0 fully saturated rings. The van der Waals surface area contributed by atoms with Gasteiger partial charge in [0.2, 0.25) is 0 Å². The van der Waals surface area contributed by atoms with Crippen molar-refractivity contribution in [3.8, 4) is 0 Å². The van der Waals surface area contributed by atoms with Crippen molar-refractivity contribution in [1.82, 2.24) is 4.90 Å². The lowest BCUT2D eigenvalue weighted by atomic mass is 9.96. The third-order valence-electron chi connectivity index (χ3n) is 2.42. The number of hydrogen-bond donors (Lipinski definition) is 1. The second kappa shape index (κ2) is 4.75. The zero-order valence-electron chi connectivity index (χ0n) is 9.95. The zero-order valence-corrected chi connectivity index (χ0v) is 9.95. The number of nitrogens with zero attached hydrogens (tertiary/aromatic N) is 1. The molecule has 0 saturated heterocycles. The van der Waals surface area contributed by atoms with Gasteiger partial charge < -0.3 is 4.90 Å².